The summed E-state index contributed by atoms with van der Waals surface area (Å²) in [7, 11) is -3.76. The van der Waals surface area contributed by atoms with Crippen LogP contribution in [0.5, 0.6) is 0 Å². The van der Waals surface area contributed by atoms with Gasteiger partial charge in [-0.25, -0.2) is 13.2 Å². The molecule has 0 aliphatic heterocycles. The van der Waals surface area contributed by atoms with E-state index in [0.717, 1.165) is 5.56 Å². The maximum Gasteiger partial charge on any atom is 0.411 e. The third-order valence-corrected chi connectivity index (χ3v) is 4.75. The molecule has 0 aliphatic carbocycles. The molecule has 2 aromatic rings. The van der Waals surface area contributed by atoms with Gasteiger partial charge in [-0.3, -0.25) is 10.0 Å². The average molecular weight is 369 g/mol. The number of hydrogen-bond acceptors (Lipinski definition) is 4. The Bertz CT molecular complexity index is 836. The van der Waals surface area contributed by atoms with Gasteiger partial charge in [-0.2, -0.15) is 0 Å². The smallest absolute Gasteiger partial charge is 0.411 e. The van der Waals surface area contributed by atoms with Gasteiger partial charge in [0.05, 0.1) is 17.2 Å². The third-order valence-electron chi connectivity index (χ3n) is 3.13. The Morgan fingerprint density at radius 3 is 2.46 bits per heavy atom. The number of halogens is 1. The molecule has 2 N–H and O–H groups in total. The van der Waals surface area contributed by atoms with Gasteiger partial charge in [0, 0.05) is 10.7 Å². The number of benzene rings is 2. The number of hydrogen-bond donors (Lipinski definition) is 2. The Hall–Kier alpha value is -2.25. The molecule has 0 radical (unpaired) electrons. The van der Waals surface area contributed by atoms with Crippen LogP contribution in [-0.2, 0) is 14.8 Å². The highest BCUT2D eigenvalue weighted by Crippen LogP contribution is 2.24. The van der Waals surface area contributed by atoms with Gasteiger partial charge < -0.3 is 4.74 Å². The summed E-state index contributed by atoms with van der Waals surface area (Å²) in [6.07, 6.45) is -0.596. The van der Waals surface area contributed by atoms with Crippen molar-refractivity contribution in [3.63, 3.8) is 0 Å². The SMILES string of the molecule is CCOC(=O)Nc1ccc(S(=O)(=O)Nc2cc(Cl)ccc2C)cc1. The number of nitrogens with one attached hydrogen (secondary N) is 2. The molecule has 1 amide bonds. The van der Waals surface area contributed by atoms with E-state index in [4.69, 9.17) is 16.3 Å². The topological polar surface area (TPSA) is 84.5 Å². The van der Waals surface area contributed by atoms with Gasteiger partial charge in [0.25, 0.3) is 10.0 Å². The van der Waals surface area contributed by atoms with Crippen LogP contribution in [0.25, 0.3) is 0 Å². The van der Waals surface area contributed by atoms with Gasteiger partial charge in [0.2, 0.25) is 0 Å². The summed E-state index contributed by atoms with van der Waals surface area (Å²) in [5.41, 5.74) is 1.60. The second-order valence-electron chi connectivity index (χ2n) is 4.93. The molecular weight excluding hydrogens is 352 g/mol. The van der Waals surface area contributed by atoms with Crippen LogP contribution in [0, 0.1) is 6.92 Å². The summed E-state index contributed by atoms with van der Waals surface area (Å²) in [6, 6.07) is 10.7. The van der Waals surface area contributed by atoms with Crippen LogP contribution in [0.3, 0.4) is 0 Å². The van der Waals surface area contributed by atoms with Gasteiger partial charge in [-0.15, -0.1) is 0 Å². The quantitative estimate of drug-likeness (QED) is 0.834. The van der Waals surface area contributed by atoms with E-state index in [0.29, 0.717) is 16.4 Å². The van der Waals surface area contributed by atoms with Crippen LogP contribution >= 0.6 is 11.6 Å². The van der Waals surface area contributed by atoms with E-state index in [2.05, 4.69) is 10.0 Å². The summed E-state index contributed by atoms with van der Waals surface area (Å²) in [6.45, 7) is 3.72. The van der Waals surface area contributed by atoms with Crippen molar-refractivity contribution in [3.05, 3.63) is 53.1 Å². The summed E-state index contributed by atoms with van der Waals surface area (Å²) >= 11 is 5.90. The number of anilines is 2. The first-order chi connectivity index (χ1) is 11.3. The number of sulfonamides is 1. The highest BCUT2D eigenvalue weighted by Gasteiger charge is 2.15. The van der Waals surface area contributed by atoms with Gasteiger partial charge in [-0.1, -0.05) is 17.7 Å². The molecule has 0 unspecified atom stereocenters. The molecule has 2 aromatic carbocycles. The monoisotopic (exact) mass is 368 g/mol. The summed E-state index contributed by atoms with van der Waals surface area (Å²) in [5.74, 6) is 0. The Balaban J connectivity index is 2.17. The van der Waals surface area contributed by atoms with Crippen LogP contribution in [0.1, 0.15) is 12.5 Å². The molecule has 0 fully saturated rings. The summed E-state index contributed by atoms with van der Waals surface area (Å²) in [4.78, 5) is 11.4. The lowest BCUT2D eigenvalue weighted by atomic mass is 10.2. The van der Waals surface area contributed by atoms with E-state index in [1.807, 2.05) is 0 Å². The maximum absolute atomic E-state index is 12.4. The minimum atomic E-state index is -3.76. The molecule has 6 nitrogen and oxygen atoms in total. The molecule has 0 spiro atoms. The number of ether oxygens (including phenoxy) is 1. The number of carbonyl (C=O) groups excluding carboxylic acids is 1. The van der Waals surface area contributed by atoms with Crippen LogP contribution in [-0.4, -0.2) is 21.1 Å². The normalized spacial score (nSPS) is 11.0. The summed E-state index contributed by atoms with van der Waals surface area (Å²) < 4.78 is 32.1. The Morgan fingerprint density at radius 1 is 1.17 bits per heavy atom. The number of amides is 1. The molecule has 2 rings (SSSR count). The molecular formula is C16H17ClN2O4S. The number of carbonyl (C=O) groups is 1. The first-order valence-electron chi connectivity index (χ1n) is 7.14. The number of aryl methyl sites for hydroxylation is 1. The second-order valence-corrected chi connectivity index (χ2v) is 7.05. The Morgan fingerprint density at radius 2 is 1.83 bits per heavy atom. The largest absolute Gasteiger partial charge is 0.450 e. The van der Waals surface area contributed by atoms with Crippen LogP contribution in [0.2, 0.25) is 5.02 Å². The van der Waals surface area contributed by atoms with Crippen LogP contribution in [0.4, 0.5) is 16.2 Å². The minimum Gasteiger partial charge on any atom is -0.450 e. The Labute approximate surface area is 145 Å². The number of rotatable bonds is 5. The fraction of sp³-hybridized carbons (Fsp3) is 0.188. The molecule has 24 heavy (non-hydrogen) atoms. The highest BCUT2D eigenvalue weighted by atomic mass is 35.5. The van der Waals surface area contributed by atoms with Crippen molar-refractivity contribution in [1.29, 1.82) is 0 Å². The van der Waals surface area contributed by atoms with Gasteiger partial charge in [-0.05, 0) is 55.8 Å². The van der Waals surface area contributed by atoms with E-state index in [1.54, 1.807) is 32.0 Å². The van der Waals surface area contributed by atoms with Gasteiger partial charge in [0.1, 0.15) is 0 Å². The van der Waals surface area contributed by atoms with Crippen molar-refractivity contribution in [3.8, 4) is 0 Å². The standard InChI is InChI=1S/C16H17ClN2O4S/c1-3-23-16(20)18-13-6-8-14(9-7-13)24(21,22)19-15-10-12(17)5-4-11(15)2/h4-10,19H,3H2,1-2H3,(H,18,20). The third kappa shape index (κ3) is 4.62. The summed E-state index contributed by atoms with van der Waals surface area (Å²) in [5, 5.41) is 2.93. The van der Waals surface area contributed by atoms with Crippen molar-refractivity contribution in [2.24, 2.45) is 0 Å². The molecule has 0 aliphatic rings. The maximum atomic E-state index is 12.4. The predicted octanol–water partition coefficient (Wildman–Crippen LogP) is 4.02. The first-order valence-corrected chi connectivity index (χ1v) is 9.01. The first kappa shape index (κ1) is 18.1. The van der Waals surface area contributed by atoms with E-state index in [-0.39, 0.29) is 11.5 Å². The lowest BCUT2D eigenvalue weighted by Crippen LogP contribution is -2.15. The van der Waals surface area contributed by atoms with Gasteiger partial charge >= 0.3 is 6.09 Å². The van der Waals surface area contributed by atoms with Crippen molar-refractivity contribution >= 4 is 39.1 Å². The molecule has 0 atom stereocenters. The molecule has 0 saturated carbocycles. The van der Waals surface area contributed by atoms with Crippen molar-refractivity contribution in [2.75, 3.05) is 16.6 Å². The fourth-order valence-corrected chi connectivity index (χ4v) is 3.20. The zero-order chi connectivity index (χ0) is 17.7. The van der Waals surface area contributed by atoms with Crippen molar-refractivity contribution in [2.45, 2.75) is 18.7 Å². The highest BCUT2D eigenvalue weighted by molar-refractivity contribution is 7.92. The van der Waals surface area contributed by atoms with Gasteiger partial charge in [0.15, 0.2) is 0 Å². The van der Waals surface area contributed by atoms with Crippen LogP contribution in [0.15, 0.2) is 47.4 Å². The zero-order valence-corrected chi connectivity index (χ0v) is 14.7. The fourth-order valence-electron chi connectivity index (χ4n) is 1.91. The Kier molecular flexibility index (Phi) is 5.69. The zero-order valence-electron chi connectivity index (χ0n) is 13.2. The van der Waals surface area contributed by atoms with Crippen molar-refractivity contribution < 1.29 is 17.9 Å². The molecule has 0 aromatic heterocycles. The van der Waals surface area contributed by atoms with E-state index in [1.165, 1.54) is 24.3 Å². The second kappa shape index (κ2) is 7.55. The lowest BCUT2D eigenvalue weighted by molar-refractivity contribution is 0.168. The van der Waals surface area contributed by atoms with Crippen LogP contribution < -0.4 is 10.0 Å². The molecule has 0 saturated heterocycles. The lowest BCUT2D eigenvalue weighted by Gasteiger charge is -2.11. The molecule has 8 heteroatoms. The molecule has 128 valence electrons. The average Bonchev–Trinajstić information content (AvgIpc) is 2.51. The van der Waals surface area contributed by atoms with E-state index >= 15 is 0 Å². The van der Waals surface area contributed by atoms with Crippen molar-refractivity contribution in [1.82, 2.24) is 0 Å². The van der Waals surface area contributed by atoms with E-state index < -0.39 is 16.1 Å². The molecule has 0 heterocycles. The minimum absolute atomic E-state index is 0.0660. The van der Waals surface area contributed by atoms with E-state index in [9.17, 15) is 13.2 Å². The predicted molar refractivity (Wildman–Crippen MR) is 94.1 cm³/mol. The molecule has 0 bridgehead atoms.